The molecule has 6 rings (SSSR count). The summed E-state index contributed by atoms with van der Waals surface area (Å²) in [6.07, 6.45) is 3.16. The Bertz CT molecular complexity index is 2120. The van der Waals surface area contributed by atoms with E-state index in [-0.39, 0.29) is 30.5 Å². The van der Waals surface area contributed by atoms with Gasteiger partial charge in [0.15, 0.2) is 5.05 Å². The van der Waals surface area contributed by atoms with Crippen LogP contribution in [0, 0.1) is 5.82 Å². The average Bonchev–Trinajstić information content (AvgIpc) is 3.52. The van der Waals surface area contributed by atoms with Gasteiger partial charge in [0, 0.05) is 33.9 Å². The Morgan fingerprint density at radius 1 is 0.956 bits per heavy atom. The standard InChI is InChI=1S/C32H23BrFN5O4S2/c33-26-14-24(8-10-29(26)42-16-20-4-3-5-22(34)12-20)38-32-25-13-21(7-9-27(25)36-19-37-32)28-18-44-30(39-28)17-43-31(45(40)41)15-23-6-1-2-11-35-23/h1-14,18-19H,15-17H2,(H,36,37,38). The van der Waals surface area contributed by atoms with E-state index in [0.717, 1.165) is 32.2 Å². The van der Waals surface area contributed by atoms with Crippen LogP contribution in [0.1, 0.15) is 16.3 Å². The molecule has 0 aliphatic carbocycles. The number of anilines is 2. The summed E-state index contributed by atoms with van der Waals surface area (Å²) in [4.78, 5) is 17.7. The molecule has 0 atom stereocenters. The Balaban J connectivity index is 1.16. The van der Waals surface area contributed by atoms with Crippen molar-refractivity contribution in [2.45, 2.75) is 19.6 Å². The number of fused-ring (bicyclic) bond motifs is 1. The molecule has 0 spiro atoms. The van der Waals surface area contributed by atoms with Gasteiger partial charge in [-0.1, -0.05) is 24.3 Å². The van der Waals surface area contributed by atoms with Crippen LogP contribution in [0.5, 0.6) is 5.75 Å². The van der Waals surface area contributed by atoms with Crippen LogP contribution >= 0.6 is 27.3 Å². The van der Waals surface area contributed by atoms with Gasteiger partial charge in [0.1, 0.15) is 41.9 Å². The number of thiazole rings is 1. The normalized spacial score (nSPS) is 11.0. The molecular weight excluding hydrogens is 681 g/mol. The molecule has 3 heterocycles. The second-order valence-corrected chi connectivity index (χ2v) is 12.4. The number of hydrogen-bond acceptors (Lipinski definition) is 10. The van der Waals surface area contributed by atoms with Gasteiger partial charge in [0.25, 0.3) is 0 Å². The highest BCUT2D eigenvalue weighted by molar-refractivity contribution is 9.10. The largest absolute Gasteiger partial charge is 0.488 e. The van der Waals surface area contributed by atoms with E-state index in [4.69, 9.17) is 9.47 Å². The van der Waals surface area contributed by atoms with Crippen LogP contribution in [-0.4, -0.2) is 33.4 Å². The highest BCUT2D eigenvalue weighted by Gasteiger charge is 2.13. The number of benzene rings is 3. The highest BCUT2D eigenvalue weighted by Crippen LogP contribution is 2.33. The minimum absolute atomic E-state index is 0.0150. The van der Waals surface area contributed by atoms with E-state index in [9.17, 15) is 12.8 Å². The molecule has 6 aromatic rings. The first-order valence-corrected chi connectivity index (χ1v) is 16.3. The molecule has 0 aliphatic rings. The van der Waals surface area contributed by atoms with Crippen molar-refractivity contribution >= 4 is 65.0 Å². The first-order valence-electron chi connectivity index (χ1n) is 13.5. The van der Waals surface area contributed by atoms with Gasteiger partial charge >= 0.3 is 0 Å². The van der Waals surface area contributed by atoms with E-state index in [2.05, 4.69) is 41.2 Å². The third kappa shape index (κ3) is 7.75. The fraction of sp³-hybridized carbons (Fsp3) is 0.0938. The zero-order valence-electron chi connectivity index (χ0n) is 23.4. The first kappa shape index (κ1) is 30.5. The van der Waals surface area contributed by atoms with Crippen LogP contribution in [-0.2, 0) is 34.7 Å². The molecule has 0 saturated heterocycles. The number of pyridine rings is 1. The Kier molecular flexibility index (Phi) is 9.50. The lowest BCUT2D eigenvalue weighted by Gasteiger charge is -2.12. The summed E-state index contributed by atoms with van der Waals surface area (Å²) < 4.78 is 49.2. The Morgan fingerprint density at radius 3 is 2.67 bits per heavy atom. The first-order chi connectivity index (χ1) is 21.9. The summed E-state index contributed by atoms with van der Waals surface area (Å²) >= 11 is 4.93. The van der Waals surface area contributed by atoms with E-state index < -0.39 is 10.3 Å². The van der Waals surface area contributed by atoms with E-state index in [1.165, 1.54) is 29.8 Å². The molecular formula is C32H23BrFN5O4S2. The summed E-state index contributed by atoms with van der Waals surface area (Å²) in [7, 11) is -2.52. The molecule has 9 nitrogen and oxygen atoms in total. The Hall–Kier alpha value is -4.56. The molecule has 3 aromatic heterocycles. The second-order valence-electron chi connectivity index (χ2n) is 9.66. The van der Waals surface area contributed by atoms with Crippen molar-refractivity contribution < 1.29 is 22.3 Å². The summed E-state index contributed by atoms with van der Waals surface area (Å²) in [5.74, 6) is 0.914. The van der Waals surface area contributed by atoms with Crippen molar-refractivity contribution in [2.75, 3.05) is 5.32 Å². The van der Waals surface area contributed by atoms with Crippen LogP contribution in [0.25, 0.3) is 22.2 Å². The van der Waals surface area contributed by atoms with Crippen molar-refractivity contribution in [1.82, 2.24) is 19.9 Å². The van der Waals surface area contributed by atoms with Crippen LogP contribution in [0.15, 0.2) is 101 Å². The molecule has 0 saturated carbocycles. The highest BCUT2D eigenvalue weighted by atomic mass is 79.9. The van der Waals surface area contributed by atoms with Gasteiger partial charge in [-0.05, 0) is 76.1 Å². The van der Waals surface area contributed by atoms with Crippen LogP contribution in [0.2, 0.25) is 0 Å². The predicted octanol–water partition coefficient (Wildman–Crippen LogP) is 7.14. The second kappa shape index (κ2) is 14.0. The minimum atomic E-state index is -2.52. The summed E-state index contributed by atoms with van der Waals surface area (Å²) in [5.41, 5.74) is 4.40. The van der Waals surface area contributed by atoms with Crippen molar-refractivity contribution in [3.05, 3.63) is 123 Å². The van der Waals surface area contributed by atoms with Crippen molar-refractivity contribution in [3.8, 4) is 17.0 Å². The quantitative estimate of drug-likeness (QED) is 0.149. The lowest BCUT2D eigenvalue weighted by atomic mass is 10.1. The SMILES string of the molecule is O=S(=O)=C(Cc1ccccn1)OCc1nc(-c2ccc3ncnc(Nc4ccc(OCc5cccc(F)c5)c(Br)c4)c3c2)cs1. The molecule has 0 unspecified atom stereocenters. The zero-order valence-corrected chi connectivity index (χ0v) is 26.6. The fourth-order valence-electron chi connectivity index (χ4n) is 4.40. The molecule has 13 heteroatoms. The van der Waals surface area contributed by atoms with Gasteiger partial charge < -0.3 is 14.8 Å². The number of rotatable bonds is 10. The monoisotopic (exact) mass is 703 g/mol. The van der Waals surface area contributed by atoms with Gasteiger partial charge in [-0.3, -0.25) is 4.98 Å². The molecule has 226 valence electrons. The molecule has 45 heavy (non-hydrogen) atoms. The van der Waals surface area contributed by atoms with Crippen LogP contribution in [0.4, 0.5) is 15.9 Å². The van der Waals surface area contributed by atoms with E-state index >= 15 is 0 Å². The Morgan fingerprint density at radius 2 is 1.87 bits per heavy atom. The average molecular weight is 705 g/mol. The lowest BCUT2D eigenvalue weighted by molar-refractivity contribution is 0.292. The van der Waals surface area contributed by atoms with Gasteiger partial charge in [0.05, 0.1) is 22.1 Å². The third-order valence-electron chi connectivity index (χ3n) is 6.55. The number of ether oxygens (including phenoxy) is 2. The van der Waals surface area contributed by atoms with Crippen LogP contribution in [0.3, 0.4) is 0 Å². The van der Waals surface area contributed by atoms with E-state index in [1.807, 2.05) is 41.8 Å². The van der Waals surface area contributed by atoms with Crippen molar-refractivity contribution in [1.29, 1.82) is 0 Å². The number of nitrogens with one attached hydrogen (secondary N) is 1. The van der Waals surface area contributed by atoms with E-state index in [0.29, 0.717) is 28.0 Å². The number of nitrogens with zero attached hydrogens (tertiary/aromatic N) is 4. The number of aromatic nitrogens is 4. The number of hydrogen-bond donors (Lipinski definition) is 1. The predicted molar refractivity (Wildman–Crippen MR) is 175 cm³/mol. The fourth-order valence-corrected chi connectivity index (χ4v) is 6.03. The summed E-state index contributed by atoms with van der Waals surface area (Å²) in [6, 6.07) is 22.9. The molecule has 0 bridgehead atoms. The smallest absolute Gasteiger partial charge is 0.241 e. The Labute approximate surface area is 271 Å². The van der Waals surface area contributed by atoms with Gasteiger partial charge in [-0.2, -0.15) is 8.42 Å². The molecule has 1 N–H and O–H groups in total. The molecule has 0 amide bonds. The molecule has 0 aliphatic heterocycles. The molecule has 0 radical (unpaired) electrons. The van der Waals surface area contributed by atoms with Crippen molar-refractivity contribution in [3.63, 3.8) is 0 Å². The van der Waals surface area contributed by atoms with E-state index in [1.54, 1.807) is 36.5 Å². The van der Waals surface area contributed by atoms with Crippen LogP contribution < -0.4 is 10.1 Å². The maximum Gasteiger partial charge on any atom is 0.241 e. The molecule has 0 fully saturated rings. The number of halogens is 2. The summed E-state index contributed by atoms with van der Waals surface area (Å²) in [6.45, 7) is 0.247. The third-order valence-corrected chi connectivity index (χ3v) is 8.63. The minimum Gasteiger partial charge on any atom is -0.488 e. The zero-order chi connectivity index (χ0) is 31.2. The van der Waals surface area contributed by atoms with Crippen molar-refractivity contribution in [2.24, 2.45) is 0 Å². The lowest BCUT2D eigenvalue weighted by Crippen LogP contribution is -2.10. The molecule has 3 aromatic carbocycles. The van der Waals surface area contributed by atoms with Gasteiger partial charge in [-0.25, -0.2) is 19.3 Å². The maximum absolute atomic E-state index is 13.5. The maximum atomic E-state index is 13.5. The topological polar surface area (TPSA) is 116 Å². The summed E-state index contributed by atoms with van der Waals surface area (Å²) in [5, 5.41) is 6.56. The van der Waals surface area contributed by atoms with Gasteiger partial charge in [-0.15, -0.1) is 11.3 Å². The van der Waals surface area contributed by atoms with Gasteiger partial charge in [0.2, 0.25) is 10.3 Å².